The fourth-order valence-electron chi connectivity index (χ4n) is 4.89. The number of rotatable bonds is 13. The third-order valence-electron chi connectivity index (χ3n) is 8.31. The number of carbonyl (C=O) groups is 1. The van der Waals surface area contributed by atoms with E-state index < -0.39 is 76.6 Å². The highest BCUT2D eigenvalue weighted by atomic mass is 28.6. The molecule has 4 saturated heterocycles. The molecule has 23 heteroatoms. The maximum atomic E-state index is 13.4. The molecule has 0 spiro atoms. The summed E-state index contributed by atoms with van der Waals surface area (Å²) in [4.78, 5) is 13.4. The maximum absolute atomic E-state index is 13.4. The second-order valence-corrected chi connectivity index (χ2v) is 36.6. The van der Waals surface area contributed by atoms with Gasteiger partial charge in [0.1, 0.15) is 0 Å². The normalized spacial score (nSPS) is 43.1. The molecule has 6 bridgehead atoms. The largest absolute Gasteiger partial charge is 0.655 e. The van der Waals surface area contributed by atoms with Gasteiger partial charge in [0.25, 0.3) is 0 Å². The van der Waals surface area contributed by atoms with Crippen LogP contribution in [-0.4, -0.2) is 94.0 Å². The molecule has 44 heavy (non-hydrogen) atoms. The van der Waals surface area contributed by atoms with Gasteiger partial charge in [0, 0.05) is 41.7 Å². The van der Waals surface area contributed by atoms with Crippen LogP contribution in [0, 0.1) is 5.41 Å². The molecule has 0 amide bonds. The highest BCUT2D eigenvalue weighted by Gasteiger charge is 2.78. The molecule has 7 atom stereocenters. The summed E-state index contributed by atoms with van der Waals surface area (Å²) in [7, 11) is -26.1. The van der Waals surface area contributed by atoms with Crippen LogP contribution in [0.25, 0.3) is 0 Å². The van der Waals surface area contributed by atoms with Crippen LogP contribution < -0.4 is 0 Å². The van der Waals surface area contributed by atoms with Gasteiger partial charge in [0.2, 0.25) is 10.5 Å². The molecule has 0 aromatic heterocycles. The Morgan fingerprint density at radius 2 is 1.07 bits per heavy atom. The van der Waals surface area contributed by atoms with Gasteiger partial charge in [-0.2, -0.15) is 0 Å². The van der Waals surface area contributed by atoms with E-state index in [1.165, 1.54) is 0 Å². The first kappa shape index (κ1) is 37.9. The van der Waals surface area contributed by atoms with Crippen LogP contribution >= 0.6 is 0 Å². The van der Waals surface area contributed by atoms with Gasteiger partial charge in [0.15, 0.2) is 5.78 Å². The van der Waals surface area contributed by atoms with Crippen LogP contribution in [-0.2, 0) is 58.6 Å². The lowest BCUT2D eigenvalue weighted by molar-refractivity contribution is -0.132. The second-order valence-electron chi connectivity index (χ2n) is 11.6. The number of fused-ring (bicyclic) bond motifs is 4. The van der Waals surface area contributed by atoms with E-state index >= 15 is 0 Å². The van der Waals surface area contributed by atoms with Crippen molar-refractivity contribution in [3.05, 3.63) is 0 Å². The van der Waals surface area contributed by atoms with E-state index in [1.807, 2.05) is 69.2 Å². The highest BCUT2D eigenvalue weighted by molar-refractivity contribution is 6.99. The predicted octanol–water partition coefficient (Wildman–Crippen LogP) is 4.04. The van der Waals surface area contributed by atoms with Crippen LogP contribution in [0.15, 0.2) is 0 Å². The monoisotopic (exact) mass is 776 g/mol. The van der Waals surface area contributed by atoms with Crippen LogP contribution in [0.4, 0.5) is 0 Å². The molecule has 0 aromatic carbocycles. The van der Waals surface area contributed by atoms with Gasteiger partial charge in [0.05, 0.1) is 6.61 Å². The number of Topliss-reactive ketones (excluding diaryl/α,β-unsaturated/α-hetero) is 1. The lowest BCUT2D eigenvalue weighted by Crippen LogP contribution is -2.84. The number of carbonyl (C=O) groups excluding carboxylic acids is 1. The van der Waals surface area contributed by atoms with Gasteiger partial charge >= 0.3 is 71.2 Å². The molecular formula is C21H48O14Si9. The standard InChI is InChI=1S/C21H48O14Si9/c1-11-21(9,10)20(22)19-23-44-26-37(12-2)25-39(14-4)29-40(15-5)27-38(13-3,24-36)28-42(17-7,34-44)32-41(16-6,31-40)33-43(18-8,30-39)35-44/h11-19H2,1-10H3. The summed E-state index contributed by atoms with van der Waals surface area (Å²) < 4.78 is 89.0. The summed E-state index contributed by atoms with van der Waals surface area (Å²) in [6.07, 6.45) is 0.622. The van der Waals surface area contributed by atoms with E-state index in [1.54, 1.807) is 0 Å². The molecule has 4 rings (SSSR count). The van der Waals surface area contributed by atoms with E-state index in [2.05, 4.69) is 10.5 Å². The topological polar surface area (TPSA) is 137 Å². The molecule has 0 aliphatic carbocycles. The molecule has 0 aromatic rings. The van der Waals surface area contributed by atoms with Crippen molar-refractivity contribution in [2.45, 2.75) is 118 Å². The van der Waals surface area contributed by atoms with Crippen molar-refractivity contribution in [2.24, 2.45) is 5.41 Å². The van der Waals surface area contributed by atoms with Crippen LogP contribution in [0.3, 0.4) is 0 Å². The Labute approximate surface area is 275 Å². The van der Waals surface area contributed by atoms with Crippen molar-refractivity contribution in [1.29, 1.82) is 0 Å². The molecular weight excluding hydrogens is 729 g/mol. The molecule has 7 unspecified atom stereocenters. The molecule has 4 heterocycles. The fourth-order valence-corrected chi connectivity index (χ4v) is 48.2. The molecule has 4 fully saturated rings. The zero-order valence-corrected chi connectivity index (χ0v) is 36.6. The molecule has 0 saturated carbocycles. The van der Waals surface area contributed by atoms with Crippen molar-refractivity contribution in [1.82, 2.24) is 0 Å². The first-order valence-electron chi connectivity index (χ1n) is 15.7. The van der Waals surface area contributed by atoms with Crippen molar-refractivity contribution in [3.63, 3.8) is 0 Å². The number of ketones is 1. The summed E-state index contributed by atoms with van der Waals surface area (Å²) >= 11 is 0. The first-order valence-corrected chi connectivity index (χ1v) is 30.8. The van der Waals surface area contributed by atoms with Crippen molar-refractivity contribution in [2.75, 3.05) is 6.61 Å². The summed E-state index contributed by atoms with van der Waals surface area (Å²) in [5.74, 6) is -0.129. The van der Waals surface area contributed by atoms with Gasteiger partial charge < -0.3 is 53.8 Å². The molecule has 14 nitrogen and oxygen atoms in total. The van der Waals surface area contributed by atoms with Gasteiger partial charge in [-0.1, -0.05) is 69.2 Å². The number of hydrogen-bond acceptors (Lipinski definition) is 14. The van der Waals surface area contributed by atoms with Crippen LogP contribution in [0.5, 0.6) is 0 Å². The van der Waals surface area contributed by atoms with Crippen molar-refractivity contribution >= 4 is 87.4 Å². The Balaban J connectivity index is 2.02. The van der Waals surface area contributed by atoms with E-state index in [4.69, 9.17) is 53.8 Å². The Kier molecular flexibility index (Phi) is 11.9. The minimum absolute atomic E-state index is 0.129. The lowest BCUT2D eigenvalue weighted by atomic mass is 9.86. The second kappa shape index (κ2) is 13.8. The Morgan fingerprint density at radius 3 is 1.48 bits per heavy atom. The zero-order valence-electron chi connectivity index (χ0n) is 27.6. The molecule has 0 N–H and O–H groups in total. The van der Waals surface area contributed by atoms with E-state index in [0.29, 0.717) is 42.7 Å². The molecule has 4 aliphatic rings. The summed E-state index contributed by atoms with van der Waals surface area (Å²) in [6, 6.07) is 2.44. The minimum Gasteiger partial charge on any atom is -0.416 e. The molecule has 252 valence electrons. The lowest BCUT2D eigenvalue weighted by Gasteiger charge is -2.58. The first-order chi connectivity index (χ1) is 20.6. The van der Waals surface area contributed by atoms with Crippen molar-refractivity contribution in [3.8, 4) is 0 Å². The Hall–Kier alpha value is 1.10. The van der Waals surface area contributed by atoms with Crippen LogP contribution in [0.2, 0.25) is 42.3 Å². The Morgan fingerprint density at radius 1 is 0.636 bits per heavy atom. The van der Waals surface area contributed by atoms with E-state index in [9.17, 15) is 4.79 Å². The quantitative estimate of drug-likeness (QED) is 0.249. The van der Waals surface area contributed by atoms with Gasteiger partial charge in [-0.3, -0.25) is 4.79 Å². The predicted molar refractivity (Wildman–Crippen MR) is 173 cm³/mol. The fraction of sp³-hybridized carbons (Fsp3) is 0.952. The molecule has 4 radical (unpaired) electrons. The Bertz CT molecular complexity index is 1040. The SMILES string of the molecule is CC[Si]1O[Si]2(CC)O[Si]3(CC)O[Si](CC)(O[Si])O[Si]4(CC)O[Si](CC)(O3)O[Si](CC)(O2)O[Si](OCC(=O)C(C)(C)CC)(O1)O4. The van der Waals surface area contributed by atoms with Crippen LogP contribution in [0.1, 0.15) is 75.7 Å². The average molecular weight is 777 g/mol. The van der Waals surface area contributed by atoms with E-state index in [-0.39, 0.29) is 18.4 Å². The van der Waals surface area contributed by atoms with E-state index in [0.717, 1.165) is 0 Å². The molecule has 4 aliphatic heterocycles. The summed E-state index contributed by atoms with van der Waals surface area (Å²) in [5.41, 5.74) is -0.643. The third-order valence-corrected chi connectivity index (χ3v) is 41.8. The summed E-state index contributed by atoms with van der Waals surface area (Å²) in [5, 5.41) is 0. The van der Waals surface area contributed by atoms with Gasteiger partial charge in [-0.25, -0.2) is 0 Å². The maximum Gasteiger partial charge on any atom is 0.655 e. The average Bonchev–Trinajstić information content (AvgIpc) is 2.99. The van der Waals surface area contributed by atoms with Crippen molar-refractivity contribution < 1.29 is 58.6 Å². The van der Waals surface area contributed by atoms with Gasteiger partial charge in [-0.15, -0.1) is 0 Å². The number of hydrogen-bond donors (Lipinski definition) is 0. The smallest absolute Gasteiger partial charge is 0.416 e. The third kappa shape index (κ3) is 7.19. The highest BCUT2D eigenvalue weighted by Crippen LogP contribution is 2.48. The summed E-state index contributed by atoms with van der Waals surface area (Å²) in [6.45, 7) is 18.8. The van der Waals surface area contributed by atoms with Gasteiger partial charge in [-0.05, 0) is 12.5 Å². The zero-order chi connectivity index (χ0) is 32.7. The minimum atomic E-state index is -4.40.